The van der Waals surface area contributed by atoms with Crippen LogP contribution in [0, 0.1) is 0 Å². The third-order valence-corrected chi connectivity index (χ3v) is 15.3. The largest absolute Gasteiger partial charge is 0.472 e. The van der Waals surface area contributed by atoms with Crippen molar-refractivity contribution in [1.29, 1.82) is 0 Å². The summed E-state index contributed by atoms with van der Waals surface area (Å²) in [5.74, 6) is -2.15. The number of phosphoric ester groups is 2. The number of hydrogen-bond acceptors (Lipinski definition) is 15. The molecule has 2 unspecified atom stereocenters. The highest BCUT2D eigenvalue weighted by atomic mass is 31.2. The van der Waals surface area contributed by atoms with Crippen molar-refractivity contribution in [1.82, 2.24) is 0 Å². The third-order valence-electron chi connectivity index (χ3n) is 13.4. The molecule has 0 aromatic heterocycles. The van der Waals surface area contributed by atoms with Gasteiger partial charge in [0.1, 0.15) is 19.3 Å². The number of hydrogen-bond donors (Lipinski definition) is 3. The molecule has 0 fully saturated rings. The Bertz CT molecular complexity index is 1500. The van der Waals surface area contributed by atoms with Gasteiger partial charge in [0.2, 0.25) is 0 Å². The second-order valence-electron chi connectivity index (χ2n) is 21.0. The van der Waals surface area contributed by atoms with Gasteiger partial charge in [-0.1, -0.05) is 240 Å². The molecule has 0 amide bonds. The summed E-state index contributed by atoms with van der Waals surface area (Å²) in [4.78, 5) is 71.6. The van der Waals surface area contributed by atoms with Gasteiger partial charge in [-0.25, -0.2) is 9.13 Å². The fourth-order valence-electron chi connectivity index (χ4n) is 8.57. The maximum absolute atomic E-state index is 12.9. The van der Waals surface area contributed by atoms with Crippen LogP contribution in [0.15, 0.2) is 0 Å². The van der Waals surface area contributed by atoms with Crippen LogP contribution in [0.3, 0.4) is 0 Å². The van der Waals surface area contributed by atoms with E-state index >= 15 is 0 Å². The first-order valence-corrected chi connectivity index (χ1v) is 33.8. The van der Waals surface area contributed by atoms with Crippen molar-refractivity contribution in [2.75, 3.05) is 39.6 Å². The summed E-state index contributed by atoms with van der Waals surface area (Å²) in [7, 11) is -9.86. The lowest BCUT2D eigenvalue weighted by molar-refractivity contribution is -0.161. The molecule has 0 radical (unpaired) electrons. The lowest BCUT2D eigenvalue weighted by Crippen LogP contribution is -2.30. The molecular weight excluding hydrogens is 1030 g/mol. The Hall–Kier alpha value is -1.94. The van der Waals surface area contributed by atoms with Crippen LogP contribution in [0.5, 0.6) is 0 Å². The fraction of sp³-hybridized carbons (Fsp3) is 0.931. The summed E-state index contributed by atoms with van der Waals surface area (Å²) in [5, 5.41) is 10.5. The van der Waals surface area contributed by atoms with Gasteiger partial charge in [0, 0.05) is 25.7 Å². The lowest BCUT2D eigenvalue weighted by Gasteiger charge is -2.21. The van der Waals surface area contributed by atoms with E-state index in [4.69, 9.17) is 37.0 Å². The fourth-order valence-corrected chi connectivity index (χ4v) is 10.2. The van der Waals surface area contributed by atoms with Crippen molar-refractivity contribution < 1.29 is 80.2 Å². The summed E-state index contributed by atoms with van der Waals surface area (Å²) < 4.78 is 67.5. The Morgan fingerprint density at radius 1 is 0.312 bits per heavy atom. The van der Waals surface area contributed by atoms with Gasteiger partial charge in [-0.05, 0) is 25.7 Å². The highest BCUT2D eigenvalue weighted by molar-refractivity contribution is 7.47. The quantitative estimate of drug-likeness (QED) is 0.0222. The summed E-state index contributed by atoms with van der Waals surface area (Å²) in [6.45, 7) is 4.74. The number of unbranched alkanes of at least 4 members (excludes halogenated alkanes) is 33. The van der Waals surface area contributed by atoms with E-state index in [9.17, 15) is 43.2 Å². The van der Waals surface area contributed by atoms with E-state index in [0.717, 1.165) is 96.3 Å². The molecule has 0 spiro atoms. The first-order chi connectivity index (χ1) is 37.2. The Morgan fingerprint density at radius 2 is 0.519 bits per heavy atom. The van der Waals surface area contributed by atoms with Gasteiger partial charge in [0.25, 0.3) is 0 Å². The SMILES string of the molecule is CCCCCCCCCCCCCCCC(=O)OC[C@H](COP(=O)(O)OC[C@H](O)COP(=O)(O)OC[C@@H](COC(=O)CCCCCCC)OC(=O)CCCCCCCCCCCC)OC(=O)CCCCCCCCCCC. The van der Waals surface area contributed by atoms with Crippen LogP contribution in [0.1, 0.15) is 291 Å². The normalized spacial score (nSPS) is 14.3. The lowest BCUT2D eigenvalue weighted by atomic mass is 10.0. The molecule has 5 atom stereocenters. The zero-order valence-electron chi connectivity index (χ0n) is 48.9. The van der Waals surface area contributed by atoms with Crippen molar-refractivity contribution in [3.63, 3.8) is 0 Å². The average molecular weight is 1140 g/mol. The molecule has 3 N–H and O–H groups in total. The molecule has 19 heteroatoms. The Kier molecular flexibility index (Phi) is 52.0. The summed E-state index contributed by atoms with van der Waals surface area (Å²) >= 11 is 0. The van der Waals surface area contributed by atoms with E-state index < -0.39 is 97.5 Å². The maximum atomic E-state index is 12.9. The minimum atomic E-state index is -4.93. The summed E-state index contributed by atoms with van der Waals surface area (Å²) in [5.41, 5.74) is 0. The molecule has 0 saturated carbocycles. The number of carbonyl (C=O) groups excluding carboxylic acids is 4. The maximum Gasteiger partial charge on any atom is 0.472 e. The molecule has 0 rings (SSSR count). The topological polar surface area (TPSA) is 237 Å². The molecule has 0 saturated heterocycles. The molecule has 0 aliphatic rings. The van der Waals surface area contributed by atoms with Crippen LogP contribution >= 0.6 is 15.6 Å². The van der Waals surface area contributed by atoms with Crippen LogP contribution in [0.4, 0.5) is 0 Å². The van der Waals surface area contributed by atoms with Crippen LogP contribution < -0.4 is 0 Å². The summed E-state index contributed by atoms with van der Waals surface area (Å²) in [6, 6.07) is 0. The van der Waals surface area contributed by atoms with Crippen molar-refractivity contribution >= 4 is 39.5 Å². The molecule has 0 aliphatic carbocycles. The van der Waals surface area contributed by atoms with Gasteiger partial charge in [-0.15, -0.1) is 0 Å². The van der Waals surface area contributed by atoms with E-state index in [1.807, 2.05) is 0 Å². The highest BCUT2D eigenvalue weighted by Crippen LogP contribution is 2.45. The van der Waals surface area contributed by atoms with E-state index in [1.165, 1.54) is 116 Å². The number of phosphoric acid groups is 2. The minimum absolute atomic E-state index is 0.106. The number of aliphatic hydroxyl groups excluding tert-OH is 1. The van der Waals surface area contributed by atoms with Crippen molar-refractivity contribution in [3.05, 3.63) is 0 Å². The Labute approximate surface area is 467 Å². The average Bonchev–Trinajstić information content (AvgIpc) is 3.40. The second kappa shape index (κ2) is 53.4. The van der Waals surface area contributed by atoms with Gasteiger partial charge in [0.05, 0.1) is 26.4 Å². The van der Waals surface area contributed by atoms with Crippen molar-refractivity contribution in [2.45, 2.75) is 309 Å². The van der Waals surface area contributed by atoms with Crippen molar-refractivity contribution in [3.8, 4) is 0 Å². The molecule has 0 aromatic carbocycles. The number of carbonyl (C=O) groups is 4. The van der Waals surface area contributed by atoms with Crippen LogP contribution in [0.2, 0.25) is 0 Å². The Balaban J connectivity index is 5.15. The monoisotopic (exact) mass is 1140 g/mol. The smallest absolute Gasteiger partial charge is 0.462 e. The number of rotatable bonds is 59. The van der Waals surface area contributed by atoms with Gasteiger partial charge in [-0.2, -0.15) is 0 Å². The van der Waals surface area contributed by atoms with Crippen LogP contribution in [-0.2, 0) is 65.4 Å². The van der Waals surface area contributed by atoms with Crippen LogP contribution in [-0.4, -0.2) is 96.7 Å². The number of aliphatic hydroxyl groups is 1. The molecule has 77 heavy (non-hydrogen) atoms. The third kappa shape index (κ3) is 53.2. The van der Waals surface area contributed by atoms with E-state index in [0.29, 0.717) is 25.7 Å². The molecule has 17 nitrogen and oxygen atoms in total. The predicted octanol–water partition coefficient (Wildman–Crippen LogP) is 15.6. The van der Waals surface area contributed by atoms with Gasteiger partial charge >= 0.3 is 39.5 Å². The van der Waals surface area contributed by atoms with E-state index in [2.05, 4.69) is 27.7 Å². The molecule has 456 valence electrons. The second-order valence-corrected chi connectivity index (χ2v) is 23.9. The van der Waals surface area contributed by atoms with E-state index in [1.54, 1.807) is 0 Å². The zero-order valence-corrected chi connectivity index (χ0v) is 50.7. The minimum Gasteiger partial charge on any atom is -0.462 e. The summed E-state index contributed by atoms with van der Waals surface area (Å²) in [6.07, 6.45) is 36.5. The van der Waals surface area contributed by atoms with Gasteiger partial charge in [-0.3, -0.25) is 37.3 Å². The zero-order chi connectivity index (χ0) is 56.9. The highest BCUT2D eigenvalue weighted by Gasteiger charge is 2.30. The molecular formula is C58H112O17P2. The van der Waals surface area contributed by atoms with Crippen molar-refractivity contribution in [2.24, 2.45) is 0 Å². The standard InChI is InChI=1S/C58H112O17P2/c1-5-9-13-17-20-23-25-26-27-30-31-35-39-43-56(61)69-49-54(75-57(62)44-40-36-32-28-22-19-15-11-7-3)51-73-77(66,67)71-47-52(59)46-70-76(64,65)72-50-53(48-68-55(60)42-38-34-16-12-8-4)74-58(63)45-41-37-33-29-24-21-18-14-10-6-2/h52-54,59H,5-51H2,1-4H3,(H,64,65)(H,66,67)/t52-,53-,54-/m1/s1. The Morgan fingerprint density at radius 3 is 0.766 bits per heavy atom. The van der Waals surface area contributed by atoms with Gasteiger partial charge in [0.15, 0.2) is 12.2 Å². The number of esters is 4. The molecule has 0 aromatic rings. The first-order valence-electron chi connectivity index (χ1n) is 30.8. The molecule has 0 aliphatic heterocycles. The van der Waals surface area contributed by atoms with Gasteiger partial charge < -0.3 is 33.8 Å². The predicted molar refractivity (Wildman–Crippen MR) is 303 cm³/mol. The first kappa shape index (κ1) is 75.1. The molecule has 0 heterocycles. The van der Waals surface area contributed by atoms with Crippen LogP contribution in [0.25, 0.3) is 0 Å². The number of ether oxygens (including phenoxy) is 4. The molecule has 0 bridgehead atoms. The van der Waals surface area contributed by atoms with E-state index in [-0.39, 0.29) is 25.7 Å².